The number of nitrogens with one attached hydrogen (secondary N) is 1. The SMILES string of the molecule is COc1ccc(C2=NN(C3=NC(=O)C(CC(=O)Nc4cccc(C)c4)S3)C(c3ccc(N(C)C)cc3)C2)cc1. The second-order valence-electron chi connectivity index (χ2n) is 9.79. The molecule has 2 aliphatic heterocycles. The van der Waals surface area contributed by atoms with Gasteiger partial charge in [-0.1, -0.05) is 36.0 Å². The van der Waals surface area contributed by atoms with Gasteiger partial charge in [0.25, 0.3) is 5.91 Å². The van der Waals surface area contributed by atoms with Gasteiger partial charge in [-0.25, -0.2) is 5.01 Å². The summed E-state index contributed by atoms with van der Waals surface area (Å²) >= 11 is 1.30. The standard InChI is InChI=1S/C30H31N5O3S/c1-19-6-5-7-22(16-19)31-28(36)18-27-29(37)32-30(39-27)35-26(21-8-12-23(13-9-21)34(2)3)17-25(33-35)20-10-14-24(38-4)15-11-20/h5-16,26-27H,17-18H2,1-4H3,(H,31,36). The normalized spacial score (nSPS) is 18.6. The molecular formula is C30H31N5O3S. The van der Waals surface area contributed by atoms with E-state index in [0.717, 1.165) is 33.8 Å². The van der Waals surface area contributed by atoms with Gasteiger partial charge in [0.2, 0.25) is 5.91 Å². The first-order chi connectivity index (χ1) is 18.8. The van der Waals surface area contributed by atoms with Gasteiger partial charge < -0.3 is 15.0 Å². The summed E-state index contributed by atoms with van der Waals surface area (Å²) in [7, 11) is 5.65. The van der Waals surface area contributed by atoms with E-state index < -0.39 is 5.25 Å². The fourth-order valence-electron chi connectivity index (χ4n) is 4.61. The van der Waals surface area contributed by atoms with Crippen LogP contribution in [0.5, 0.6) is 5.75 Å². The third kappa shape index (κ3) is 5.98. The Hall–Kier alpha value is -4.11. The van der Waals surface area contributed by atoms with Crippen LogP contribution in [0.2, 0.25) is 0 Å². The average Bonchev–Trinajstić information content (AvgIpc) is 3.52. The van der Waals surface area contributed by atoms with Gasteiger partial charge >= 0.3 is 0 Å². The van der Waals surface area contributed by atoms with Gasteiger partial charge in [-0.2, -0.15) is 10.1 Å². The minimum Gasteiger partial charge on any atom is -0.497 e. The van der Waals surface area contributed by atoms with Gasteiger partial charge in [-0.05, 0) is 72.1 Å². The Balaban J connectivity index is 1.36. The molecule has 3 aromatic rings. The van der Waals surface area contributed by atoms with Crippen molar-refractivity contribution in [3.8, 4) is 5.75 Å². The molecule has 0 saturated heterocycles. The molecule has 2 heterocycles. The molecule has 2 atom stereocenters. The van der Waals surface area contributed by atoms with Crippen LogP contribution in [0.25, 0.3) is 0 Å². The minimum absolute atomic E-state index is 0.0372. The van der Waals surface area contributed by atoms with Crippen molar-refractivity contribution in [1.82, 2.24) is 5.01 Å². The Morgan fingerprint density at radius 3 is 2.51 bits per heavy atom. The number of carbonyl (C=O) groups excluding carboxylic acids is 2. The molecule has 0 radical (unpaired) electrons. The molecule has 0 spiro atoms. The maximum Gasteiger partial charge on any atom is 0.262 e. The fraction of sp³-hybridized carbons (Fsp3) is 0.267. The highest BCUT2D eigenvalue weighted by Gasteiger charge is 2.39. The van der Waals surface area contributed by atoms with Crippen LogP contribution in [-0.2, 0) is 9.59 Å². The molecule has 0 aliphatic carbocycles. The molecule has 2 amide bonds. The number of amides is 2. The number of aryl methyl sites for hydroxylation is 1. The zero-order chi connectivity index (χ0) is 27.5. The predicted molar refractivity (Wildman–Crippen MR) is 158 cm³/mol. The molecule has 8 nitrogen and oxygen atoms in total. The molecule has 2 aliphatic rings. The van der Waals surface area contributed by atoms with Gasteiger partial charge in [0.1, 0.15) is 11.0 Å². The predicted octanol–water partition coefficient (Wildman–Crippen LogP) is 5.25. The lowest BCUT2D eigenvalue weighted by Gasteiger charge is -2.24. The van der Waals surface area contributed by atoms with Gasteiger partial charge in [-0.3, -0.25) is 9.59 Å². The summed E-state index contributed by atoms with van der Waals surface area (Å²) in [6.07, 6.45) is 0.690. The zero-order valence-electron chi connectivity index (χ0n) is 22.4. The number of ether oxygens (including phenoxy) is 1. The highest BCUT2D eigenvalue weighted by atomic mass is 32.2. The monoisotopic (exact) mass is 541 g/mol. The maximum atomic E-state index is 12.9. The van der Waals surface area contributed by atoms with Crippen LogP contribution in [-0.4, -0.2) is 54.2 Å². The van der Waals surface area contributed by atoms with E-state index in [1.165, 1.54) is 11.8 Å². The van der Waals surface area contributed by atoms with Crippen molar-refractivity contribution in [3.05, 3.63) is 89.5 Å². The number of methoxy groups -OCH3 is 1. The van der Waals surface area contributed by atoms with Crippen molar-refractivity contribution >= 4 is 45.8 Å². The lowest BCUT2D eigenvalue weighted by atomic mass is 9.98. The number of nitrogens with zero attached hydrogens (tertiary/aromatic N) is 4. The molecule has 5 rings (SSSR count). The van der Waals surface area contributed by atoms with Crippen LogP contribution >= 0.6 is 11.8 Å². The quantitative estimate of drug-likeness (QED) is 0.440. The van der Waals surface area contributed by atoms with E-state index in [2.05, 4.69) is 39.5 Å². The first kappa shape index (κ1) is 26.5. The van der Waals surface area contributed by atoms with Crippen molar-refractivity contribution in [2.24, 2.45) is 10.1 Å². The lowest BCUT2D eigenvalue weighted by molar-refractivity contribution is -0.121. The highest BCUT2D eigenvalue weighted by Crippen LogP contribution is 2.39. The number of hydrazone groups is 1. The topological polar surface area (TPSA) is 86.6 Å². The van der Waals surface area contributed by atoms with Crippen molar-refractivity contribution in [1.29, 1.82) is 0 Å². The van der Waals surface area contributed by atoms with Crippen molar-refractivity contribution in [2.45, 2.75) is 31.1 Å². The molecule has 9 heteroatoms. The van der Waals surface area contributed by atoms with E-state index in [9.17, 15) is 9.59 Å². The number of thioether (sulfide) groups is 1. The second-order valence-corrected chi connectivity index (χ2v) is 11.0. The summed E-state index contributed by atoms with van der Waals surface area (Å²) in [5.74, 6) is 0.241. The van der Waals surface area contributed by atoms with Gasteiger partial charge in [0.05, 0.1) is 18.9 Å². The summed E-state index contributed by atoms with van der Waals surface area (Å²) in [4.78, 5) is 32.0. The molecule has 3 aromatic carbocycles. The third-order valence-electron chi connectivity index (χ3n) is 6.73. The number of carbonyl (C=O) groups is 2. The smallest absolute Gasteiger partial charge is 0.262 e. The van der Waals surface area contributed by atoms with Crippen LogP contribution in [0.1, 0.15) is 35.6 Å². The Bertz CT molecular complexity index is 1430. The van der Waals surface area contributed by atoms with Crippen LogP contribution < -0.4 is 15.0 Å². The van der Waals surface area contributed by atoms with E-state index in [0.29, 0.717) is 17.3 Å². The van der Waals surface area contributed by atoms with E-state index >= 15 is 0 Å². The van der Waals surface area contributed by atoms with Gasteiger partial charge in [-0.15, -0.1) is 0 Å². The van der Waals surface area contributed by atoms with E-state index in [-0.39, 0.29) is 24.3 Å². The number of amidine groups is 1. The zero-order valence-corrected chi connectivity index (χ0v) is 23.2. The van der Waals surface area contributed by atoms with Crippen LogP contribution in [0.4, 0.5) is 11.4 Å². The molecule has 0 bridgehead atoms. The number of rotatable bonds is 7. The fourth-order valence-corrected chi connectivity index (χ4v) is 5.67. The molecule has 39 heavy (non-hydrogen) atoms. The molecule has 0 saturated carbocycles. The van der Waals surface area contributed by atoms with E-state index in [1.807, 2.05) is 74.6 Å². The summed E-state index contributed by atoms with van der Waals surface area (Å²) in [6, 6.07) is 23.6. The number of aliphatic imine (C=N–C) groups is 1. The summed E-state index contributed by atoms with van der Waals surface area (Å²) in [5, 5.41) is 9.58. The Labute approximate surface area is 232 Å². The largest absolute Gasteiger partial charge is 0.497 e. The minimum atomic E-state index is -0.596. The van der Waals surface area contributed by atoms with Crippen LogP contribution in [0.15, 0.2) is 82.9 Å². The van der Waals surface area contributed by atoms with Gasteiger partial charge in [0, 0.05) is 38.3 Å². The van der Waals surface area contributed by atoms with Crippen LogP contribution in [0, 0.1) is 6.92 Å². The lowest BCUT2D eigenvalue weighted by Crippen LogP contribution is -2.25. The molecule has 0 aromatic heterocycles. The molecule has 200 valence electrons. The van der Waals surface area contributed by atoms with Crippen molar-refractivity contribution < 1.29 is 14.3 Å². The number of benzene rings is 3. The third-order valence-corrected chi connectivity index (χ3v) is 7.87. The second kappa shape index (κ2) is 11.3. The number of hydrogen-bond acceptors (Lipinski definition) is 7. The van der Waals surface area contributed by atoms with E-state index in [1.54, 1.807) is 7.11 Å². The Kier molecular flexibility index (Phi) is 7.70. The first-order valence-corrected chi connectivity index (χ1v) is 13.6. The van der Waals surface area contributed by atoms with Crippen LogP contribution in [0.3, 0.4) is 0 Å². The number of hydrogen-bond donors (Lipinski definition) is 1. The maximum absolute atomic E-state index is 12.9. The number of anilines is 2. The highest BCUT2D eigenvalue weighted by molar-refractivity contribution is 8.15. The molecule has 1 N–H and O–H groups in total. The van der Waals surface area contributed by atoms with Crippen molar-refractivity contribution in [3.63, 3.8) is 0 Å². The van der Waals surface area contributed by atoms with Gasteiger partial charge in [0.15, 0.2) is 5.17 Å². The van der Waals surface area contributed by atoms with Crippen molar-refractivity contribution in [2.75, 3.05) is 31.4 Å². The summed E-state index contributed by atoms with van der Waals surface area (Å²) in [5.41, 5.74) is 5.82. The van der Waals surface area contributed by atoms with E-state index in [4.69, 9.17) is 9.84 Å². The first-order valence-electron chi connectivity index (χ1n) is 12.7. The molecular weight excluding hydrogens is 510 g/mol. The molecule has 2 unspecified atom stereocenters. The Morgan fingerprint density at radius 1 is 1.10 bits per heavy atom. The average molecular weight is 542 g/mol. The summed E-state index contributed by atoms with van der Waals surface area (Å²) in [6.45, 7) is 1.97. The summed E-state index contributed by atoms with van der Waals surface area (Å²) < 4.78 is 5.31. The Morgan fingerprint density at radius 2 is 1.85 bits per heavy atom. The molecule has 0 fully saturated rings.